The largest absolute Gasteiger partial charge is 0.356 e. The van der Waals surface area contributed by atoms with Crippen LogP contribution in [0.5, 0.6) is 0 Å². The number of hydrogen-bond donors (Lipinski definition) is 1. The van der Waals surface area contributed by atoms with Gasteiger partial charge in [-0.2, -0.15) is 0 Å². The first kappa shape index (κ1) is 16.5. The lowest BCUT2D eigenvalue weighted by molar-refractivity contribution is -0.121. The Hall–Kier alpha value is -1.95. The molecule has 1 aromatic heterocycles. The van der Waals surface area contributed by atoms with E-state index in [2.05, 4.69) is 22.2 Å². The van der Waals surface area contributed by atoms with Crippen molar-refractivity contribution in [2.75, 3.05) is 33.2 Å². The predicted octanol–water partition coefficient (Wildman–Crippen LogP) is 0.997. The number of pyridine rings is 1. The van der Waals surface area contributed by atoms with Crippen LogP contribution in [0, 0.1) is 0 Å². The molecule has 2 aliphatic heterocycles. The summed E-state index contributed by atoms with van der Waals surface area (Å²) in [5.74, 6) is 0.203. The fraction of sp³-hybridized carbons (Fsp3) is 0.632. The highest BCUT2D eigenvalue weighted by atomic mass is 16.2. The van der Waals surface area contributed by atoms with E-state index in [0.29, 0.717) is 25.1 Å². The first-order chi connectivity index (χ1) is 12.1. The van der Waals surface area contributed by atoms with E-state index >= 15 is 0 Å². The Bertz CT molecular complexity index is 705. The van der Waals surface area contributed by atoms with Crippen LogP contribution >= 0.6 is 0 Å². The van der Waals surface area contributed by atoms with Crippen molar-refractivity contribution in [2.45, 2.75) is 44.1 Å². The summed E-state index contributed by atoms with van der Waals surface area (Å²) in [5.41, 5.74) is 3.00. The molecular weight excluding hydrogens is 316 g/mol. The zero-order chi connectivity index (χ0) is 17.4. The van der Waals surface area contributed by atoms with Gasteiger partial charge in [-0.25, -0.2) is 0 Å². The maximum Gasteiger partial charge on any atom is 0.255 e. The van der Waals surface area contributed by atoms with Gasteiger partial charge in [0, 0.05) is 50.0 Å². The van der Waals surface area contributed by atoms with E-state index in [1.165, 1.54) is 5.56 Å². The van der Waals surface area contributed by atoms with Gasteiger partial charge in [0.1, 0.15) is 0 Å². The lowest BCUT2D eigenvalue weighted by Crippen LogP contribution is -2.62. The predicted molar refractivity (Wildman–Crippen MR) is 94.4 cm³/mol. The first-order valence-corrected chi connectivity index (χ1v) is 9.32. The van der Waals surface area contributed by atoms with Crippen molar-refractivity contribution in [3.05, 3.63) is 29.1 Å². The molecule has 134 valence electrons. The number of nitrogens with zero attached hydrogens (tertiary/aromatic N) is 3. The second-order valence-corrected chi connectivity index (χ2v) is 7.66. The van der Waals surface area contributed by atoms with Gasteiger partial charge in [-0.3, -0.25) is 19.5 Å². The summed E-state index contributed by atoms with van der Waals surface area (Å²) in [5, 5.41) is 2.96. The van der Waals surface area contributed by atoms with Gasteiger partial charge >= 0.3 is 0 Å². The lowest BCUT2D eigenvalue weighted by atomic mass is 9.86. The number of aryl methyl sites for hydroxylation is 2. The average molecular weight is 342 g/mol. The molecule has 0 saturated carbocycles. The van der Waals surface area contributed by atoms with Crippen molar-refractivity contribution in [3.63, 3.8) is 0 Å². The minimum Gasteiger partial charge on any atom is -0.356 e. The summed E-state index contributed by atoms with van der Waals surface area (Å²) in [7, 11) is 2.12. The van der Waals surface area contributed by atoms with Crippen LogP contribution in [-0.4, -0.2) is 65.4 Å². The Morgan fingerprint density at radius 2 is 2.12 bits per heavy atom. The summed E-state index contributed by atoms with van der Waals surface area (Å²) in [6, 6.07) is 2.04. The van der Waals surface area contributed by atoms with Crippen LogP contribution in [-0.2, 0) is 17.6 Å². The van der Waals surface area contributed by atoms with Crippen molar-refractivity contribution in [1.82, 2.24) is 20.1 Å². The third-order valence-corrected chi connectivity index (χ3v) is 6.18. The number of carbonyl (C=O) groups excluding carboxylic acids is 2. The number of hydrogen-bond acceptors (Lipinski definition) is 4. The first-order valence-electron chi connectivity index (χ1n) is 9.32. The Kier molecular flexibility index (Phi) is 4.23. The third kappa shape index (κ3) is 3.03. The van der Waals surface area contributed by atoms with E-state index < -0.39 is 0 Å². The quantitative estimate of drug-likeness (QED) is 0.827. The number of aromatic nitrogens is 1. The van der Waals surface area contributed by atoms with Gasteiger partial charge in [0.15, 0.2) is 0 Å². The molecule has 2 amide bonds. The fourth-order valence-electron chi connectivity index (χ4n) is 4.50. The molecule has 2 fully saturated rings. The van der Waals surface area contributed by atoms with Crippen LogP contribution in [0.3, 0.4) is 0 Å². The number of fused-ring (bicyclic) bond motifs is 1. The van der Waals surface area contributed by atoms with E-state index in [1.807, 2.05) is 11.0 Å². The van der Waals surface area contributed by atoms with Crippen LogP contribution in [0.25, 0.3) is 0 Å². The van der Waals surface area contributed by atoms with E-state index in [0.717, 1.165) is 50.9 Å². The van der Waals surface area contributed by atoms with Crippen LogP contribution in [0.15, 0.2) is 12.3 Å². The lowest BCUT2D eigenvalue weighted by Gasteiger charge is -2.49. The second kappa shape index (κ2) is 6.41. The monoisotopic (exact) mass is 342 g/mol. The molecule has 0 bridgehead atoms. The number of piperazine rings is 1. The molecule has 2 saturated heterocycles. The zero-order valence-electron chi connectivity index (χ0n) is 14.9. The summed E-state index contributed by atoms with van der Waals surface area (Å²) in [6.07, 6.45) is 7.18. The topological polar surface area (TPSA) is 65.5 Å². The van der Waals surface area contributed by atoms with Crippen LogP contribution in [0.1, 0.15) is 47.3 Å². The maximum absolute atomic E-state index is 13.1. The van der Waals surface area contributed by atoms with Gasteiger partial charge in [0.05, 0.1) is 5.56 Å². The van der Waals surface area contributed by atoms with E-state index in [4.69, 9.17) is 0 Å². The number of amides is 2. The van der Waals surface area contributed by atoms with E-state index in [9.17, 15) is 9.59 Å². The third-order valence-electron chi connectivity index (χ3n) is 6.18. The fourth-order valence-corrected chi connectivity index (χ4v) is 4.50. The van der Waals surface area contributed by atoms with Gasteiger partial charge in [-0.15, -0.1) is 0 Å². The van der Waals surface area contributed by atoms with Crippen molar-refractivity contribution in [1.29, 1.82) is 0 Å². The molecule has 3 heterocycles. The van der Waals surface area contributed by atoms with Crippen molar-refractivity contribution < 1.29 is 9.59 Å². The van der Waals surface area contributed by atoms with E-state index in [1.54, 1.807) is 6.20 Å². The SMILES string of the molecule is CN1CCN(C(=O)c2cnc3c(c2)CCC3)CC12CCNC(=O)CC2. The molecule has 1 aromatic rings. The van der Waals surface area contributed by atoms with Crippen molar-refractivity contribution in [3.8, 4) is 0 Å². The van der Waals surface area contributed by atoms with Crippen LogP contribution in [0.2, 0.25) is 0 Å². The van der Waals surface area contributed by atoms with Gasteiger partial charge < -0.3 is 10.2 Å². The summed E-state index contributed by atoms with van der Waals surface area (Å²) in [6.45, 7) is 2.95. The van der Waals surface area contributed by atoms with Crippen molar-refractivity contribution >= 4 is 11.8 Å². The Morgan fingerprint density at radius 3 is 3.00 bits per heavy atom. The minimum absolute atomic E-state index is 0.0817. The summed E-state index contributed by atoms with van der Waals surface area (Å²) < 4.78 is 0. The highest BCUT2D eigenvalue weighted by molar-refractivity contribution is 5.94. The Balaban J connectivity index is 1.54. The standard InChI is InChI=1S/C19H26N4O2/c1-22-9-10-23(13-19(22)6-5-17(24)20-8-7-19)18(25)15-11-14-3-2-4-16(14)21-12-15/h11-12H,2-10,13H2,1H3,(H,20,24). The summed E-state index contributed by atoms with van der Waals surface area (Å²) >= 11 is 0. The minimum atomic E-state index is -0.1000. The highest BCUT2D eigenvalue weighted by Gasteiger charge is 2.42. The number of rotatable bonds is 1. The second-order valence-electron chi connectivity index (χ2n) is 7.66. The maximum atomic E-state index is 13.1. The van der Waals surface area contributed by atoms with Gasteiger partial charge in [-0.1, -0.05) is 0 Å². The molecule has 3 aliphatic rings. The molecule has 1 aliphatic carbocycles. The van der Waals surface area contributed by atoms with Crippen LogP contribution < -0.4 is 5.32 Å². The molecule has 1 N–H and O–H groups in total. The number of carbonyl (C=O) groups is 2. The average Bonchev–Trinajstić information content (AvgIpc) is 3.01. The molecule has 25 heavy (non-hydrogen) atoms. The molecular formula is C19H26N4O2. The normalized spacial score (nSPS) is 27.1. The highest BCUT2D eigenvalue weighted by Crippen LogP contribution is 2.31. The Labute approximate surface area is 148 Å². The Morgan fingerprint density at radius 1 is 1.24 bits per heavy atom. The molecule has 0 radical (unpaired) electrons. The molecule has 0 aromatic carbocycles. The molecule has 1 unspecified atom stereocenters. The number of likely N-dealkylation sites (N-methyl/N-ethyl adjacent to an activating group) is 1. The number of nitrogens with one attached hydrogen (secondary N) is 1. The zero-order valence-corrected chi connectivity index (χ0v) is 14.9. The van der Waals surface area contributed by atoms with Gasteiger partial charge in [0.25, 0.3) is 5.91 Å². The molecule has 6 nitrogen and oxygen atoms in total. The smallest absolute Gasteiger partial charge is 0.255 e. The molecule has 1 atom stereocenters. The molecule has 4 rings (SSSR count). The van der Waals surface area contributed by atoms with Crippen molar-refractivity contribution in [2.24, 2.45) is 0 Å². The summed E-state index contributed by atoms with van der Waals surface area (Å²) in [4.78, 5) is 33.6. The van der Waals surface area contributed by atoms with E-state index in [-0.39, 0.29) is 17.4 Å². The molecule has 1 spiro atoms. The van der Waals surface area contributed by atoms with Crippen LogP contribution in [0.4, 0.5) is 0 Å². The molecule has 6 heteroatoms. The van der Waals surface area contributed by atoms with Gasteiger partial charge in [0.2, 0.25) is 5.91 Å². The van der Waals surface area contributed by atoms with Gasteiger partial charge in [-0.05, 0) is 50.8 Å².